The molecule has 1 aromatic heterocycles. The van der Waals surface area contributed by atoms with Gasteiger partial charge >= 0.3 is 0 Å². The zero-order valence-corrected chi connectivity index (χ0v) is 24.8. The number of methoxy groups -OCH3 is 1. The minimum absolute atomic E-state index is 0.0594. The Balaban J connectivity index is 1.34. The van der Waals surface area contributed by atoms with E-state index in [0.29, 0.717) is 25.7 Å². The van der Waals surface area contributed by atoms with Crippen LogP contribution in [-0.4, -0.2) is 98.4 Å². The van der Waals surface area contributed by atoms with Crippen molar-refractivity contribution in [2.45, 2.75) is 62.8 Å². The number of amides is 1. The van der Waals surface area contributed by atoms with E-state index < -0.39 is 0 Å². The number of piperazine rings is 1. The number of likely N-dealkylation sites (N-methyl/N-ethyl adjacent to an activating group) is 1. The summed E-state index contributed by atoms with van der Waals surface area (Å²) in [4.78, 5) is 32.0. The molecule has 1 amide bonds. The number of fused-ring (bicyclic) bond motifs is 2. The van der Waals surface area contributed by atoms with Crippen molar-refractivity contribution in [3.63, 3.8) is 0 Å². The molecule has 4 aliphatic rings. The lowest BCUT2D eigenvalue weighted by Gasteiger charge is -2.43. The van der Waals surface area contributed by atoms with Gasteiger partial charge in [0.25, 0.3) is 0 Å². The van der Waals surface area contributed by atoms with E-state index in [1.165, 1.54) is 29.3 Å². The van der Waals surface area contributed by atoms with Crippen molar-refractivity contribution in [1.29, 1.82) is 5.26 Å². The van der Waals surface area contributed by atoms with Gasteiger partial charge in [-0.05, 0) is 50.4 Å². The molecule has 10 heteroatoms. The molecule has 222 valence electrons. The molecule has 10 nitrogen and oxygen atoms in total. The molecule has 42 heavy (non-hydrogen) atoms. The third-order valence-electron chi connectivity index (χ3n) is 9.59. The van der Waals surface area contributed by atoms with Gasteiger partial charge in [0.1, 0.15) is 5.82 Å². The number of rotatable bonds is 7. The van der Waals surface area contributed by atoms with E-state index in [1.54, 1.807) is 12.0 Å². The van der Waals surface area contributed by atoms with Crippen LogP contribution >= 0.6 is 0 Å². The van der Waals surface area contributed by atoms with Crippen molar-refractivity contribution in [3.8, 4) is 6.07 Å². The summed E-state index contributed by atoms with van der Waals surface area (Å²) < 4.78 is 5.79. The molecule has 2 aromatic rings. The average molecular weight is 571 g/mol. The van der Waals surface area contributed by atoms with Crippen LogP contribution in [0.1, 0.15) is 36.1 Å². The van der Waals surface area contributed by atoms with Crippen molar-refractivity contribution < 1.29 is 9.53 Å². The van der Waals surface area contributed by atoms with Crippen molar-refractivity contribution in [2.24, 2.45) is 0 Å². The Kier molecular flexibility index (Phi) is 8.31. The van der Waals surface area contributed by atoms with Crippen molar-refractivity contribution in [2.75, 3.05) is 68.1 Å². The first kappa shape index (κ1) is 28.4. The van der Waals surface area contributed by atoms with Crippen LogP contribution in [0.3, 0.4) is 0 Å². The molecule has 4 unspecified atom stereocenters. The van der Waals surface area contributed by atoms with Crippen LogP contribution in [0.25, 0.3) is 0 Å². The van der Waals surface area contributed by atoms with E-state index in [9.17, 15) is 10.1 Å². The van der Waals surface area contributed by atoms with Gasteiger partial charge in [-0.3, -0.25) is 4.79 Å². The molecule has 2 fully saturated rings. The van der Waals surface area contributed by atoms with E-state index in [1.807, 2.05) is 7.05 Å². The summed E-state index contributed by atoms with van der Waals surface area (Å²) in [5.41, 5.74) is 5.15. The van der Waals surface area contributed by atoms with Gasteiger partial charge in [-0.15, -0.1) is 0 Å². The van der Waals surface area contributed by atoms with E-state index >= 15 is 0 Å². The second-order valence-corrected chi connectivity index (χ2v) is 11.9. The Morgan fingerprint density at radius 1 is 1.17 bits per heavy atom. The van der Waals surface area contributed by atoms with Crippen LogP contribution in [0.5, 0.6) is 0 Å². The highest BCUT2D eigenvalue weighted by atomic mass is 16.5. The van der Waals surface area contributed by atoms with Gasteiger partial charge in [-0.1, -0.05) is 24.8 Å². The molecule has 1 aromatic carbocycles. The molecule has 0 radical (unpaired) electrons. The third kappa shape index (κ3) is 5.32. The second kappa shape index (κ2) is 12.3. The summed E-state index contributed by atoms with van der Waals surface area (Å²) in [6.07, 6.45) is 6.82. The fourth-order valence-corrected chi connectivity index (χ4v) is 7.37. The maximum Gasteiger partial charge on any atom is 0.246 e. The first-order chi connectivity index (χ1) is 20.5. The molecule has 6 rings (SSSR count). The fraction of sp³-hybridized carbons (Fsp3) is 0.562. The van der Waals surface area contributed by atoms with Crippen LogP contribution < -0.4 is 20.0 Å². The van der Waals surface area contributed by atoms with Crippen LogP contribution in [0.15, 0.2) is 36.9 Å². The summed E-state index contributed by atoms with van der Waals surface area (Å²) in [5, 5.41) is 12.9. The summed E-state index contributed by atoms with van der Waals surface area (Å²) in [6, 6.07) is 11.5. The highest BCUT2D eigenvalue weighted by Crippen LogP contribution is 2.37. The first-order valence-electron chi connectivity index (χ1n) is 15.3. The lowest BCUT2D eigenvalue weighted by atomic mass is 9.88. The van der Waals surface area contributed by atoms with Gasteiger partial charge in [-0.2, -0.15) is 10.2 Å². The second-order valence-electron chi connectivity index (χ2n) is 11.9. The average Bonchev–Trinajstić information content (AvgIpc) is 3.47. The zero-order valence-electron chi connectivity index (χ0n) is 24.8. The third-order valence-corrected chi connectivity index (χ3v) is 9.59. The quantitative estimate of drug-likeness (QED) is 0.503. The number of hydrogen-bond donors (Lipinski definition) is 1. The Morgan fingerprint density at radius 3 is 2.79 bits per heavy atom. The molecule has 3 aliphatic heterocycles. The molecule has 4 heterocycles. The minimum atomic E-state index is -0.206. The Labute approximate surface area is 249 Å². The van der Waals surface area contributed by atoms with Crippen LogP contribution in [0, 0.1) is 11.3 Å². The number of nitriles is 1. The van der Waals surface area contributed by atoms with E-state index in [0.717, 1.165) is 62.8 Å². The van der Waals surface area contributed by atoms with E-state index in [4.69, 9.17) is 14.7 Å². The summed E-state index contributed by atoms with van der Waals surface area (Å²) in [6.45, 7) is 8.01. The summed E-state index contributed by atoms with van der Waals surface area (Å²) in [5.74, 6) is 1.58. The lowest BCUT2D eigenvalue weighted by molar-refractivity contribution is -0.128. The Morgan fingerprint density at radius 2 is 2.02 bits per heavy atom. The van der Waals surface area contributed by atoms with Gasteiger partial charge in [0, 0.05) is 70.1 Å². The van der Waals surface area contributed by atoms with Gasteiger partial charge in [0.2, 0.25) is 11.9 Å². The van der Waals surface area contributed by atoms with E-state index in [2.05, 4.69) is 56.9 Å². The Hall–Kier alpha value is -3.68. The largest absolute Gasteiger partial charge is 0.378 e. The number of aromatic nitrogens is 2. The number of aryl methyl sites for hydroxylation is 1. The van der Waals surface area contributed by atoms with Gasteiger partial charge in [0.05, 0.1) is 36.4 Å². The molecular formula is C32H42N8O2. The number of anilines is 3. The standard InChI is InChI=1S/C32H42N8O2/c1-4-30(41)40-17-16-37(19-24(40)13-14-33)31-25-12-11-23(39-15-7-9-22-8-5-6-10-28(22)39)18-26(25)35-32(36-31)38-20-27(34-2)29(21-38)42-3/h4-6,8,10,23-24,27,29,34H,1,7,9,11-13,15-21H2,2-3H3. The maximum atomic E-state index is 12.6. The SMILES string of the molecule is C=CC(=O)N1CCN(c2nc(N3CC(NC)C(OC)C3)nc3c2CCC(N2CCCc4ccccc42)C3)CC1CC#N. The van der Waals surface area contributed by atoms with Gasteiger partial charge < -0.3 is 29.7 Å². The Bertz CT molecular complexity index is 1350. The first-order valence-corrected chi connectivity index (χ1v) is 15.3. The molecule has 0 saturated carbocycles. The number of carbonyl (C=O) groups is 1. The summed E-state index contributed by atoms with van der Waals surface area (Å²) in [7, 11) is 3.73. The number of nitrogens with zero attached hydrogens (tertiary/aromatic N) is 7. The zero-order chi connectivity index (χ0) is 29.2. The number of hydrogen-bond acceptors (Lipinski definition) is 9. The predicted molar refractivity (Wildman–Crippen MR) is 164 cm³/mol. The maximum absolute atomic E-state index is 12.6. The predicted octanol–water partition coefficient (Wildman–Crippen LogP) is 2.33. The number of para-hydroxylation sites is 1. The molecule has 1 aliphatic carbocycles. The lowest BCUT2D eigenvalue weighted by Crippen LogP contribution is -2.55. The number of ether oxygens (including phenoxy) is 1. The minimum Gasteiger partial charge on any atom is -0.378 e. The van der Waals surface area contributed by atoms with Crippen LogP contribution in [-0.2, 0) is 28.8 Å². The smallest absolute Gasteiger partial charge is 0.246 e. The molecule has 4 atom stereocenters. The number of benzene rings is 1. The molecule has 2 saturated heterocycles. The summed E-state index contributed by atoms with van der Waals surface area (Å²) >= 11 is 0. The van der Waals surface area contributed by atoms with Crippen molar-refractivity contribution in [1.82, 2.24) is 20.2 Å². The highest BCUT2D eigenvalue weighted by Gasteiger charge is 2.38. The van der Waals surface area contributed by atoms with Crippen LogP contribution in [0.2, 0.25) is 0 Å². The monoisotopic (exact) mass is 570 g/mol. The molecule has 0 bridgehead atoms. The van der Waals surface area contributed by atoms with Crippen molar-refractivity contribution >= 4 is 23.4 Å². The molecule has 1 N–H and O–H groups in total. The topological polar surface area (TPSA) is 101 Å². The number of carbonyl (C=O) groups excluding carboxylic acids is 1. The molecule has 0 spiro atoms. The van der Waals surface area contributed by atoms with Crippen molar-refractivity contribution in [3.05, 3.63) is 53.7 Å². The van der Waals surface area contributed by atoms with Gasteiger partial charge in [0.15, 0.2) is 0 Å². The van der Waals surface area contributed by atoms with E-state index in [-0.39, 0.29) is 30.5 Å². The highest BCUT2D eigenvalue weighted by molar-refractivity contribution is 5.87. The number of nitrogens with one attached hydrogen (secondary N) is 1. The van der Waals surface area contributed by atoms with Crippen LogP contribution in [0.4, 0.5) is 17.5 Å². The van der Waals surface area contributed by atoms with Gasteiger partial charge in [-0.25, -0.2) is 4.98 Å². The molecular weight excluding hydrogens is 528 g/mol. The fourth-order valence-electron chi connectivity index (χ4n) is 7.37. The normalized spacial score (nSPS) is 25.5.